The number of halogens is 1. The molecule has 3 heterocycles. The summed E-state index contributed by atoms with van der Waals surface area (Å²) in [6.07, 6.45) is 3.05. The summed E-state index contributed by atoms with van der Waals surface area (Å²) in [4.78, 5) is 8.26. The zero-order valence-electron chi connectivity index (χ0n) is 9.98. The lowest BCUT2D eigenvalue weighted by Crippen LogP contribution is -2.21. The molecule has 1 aliphatic rings. The molecule has 2 aromatic rings. The smallest absolute Gasteiger partial charge is 0.226 e. The van der Waals surface area contributed by atoms with Crippen molar-refractivity contribution in [2.24, 2.45) is 5.92 Å². The van der Waals surface area contributed by atoms with Gasteiger partial charge in [-0.3, -0.25) is 5.10 Å². The average molecular weight is 268 g/mol. The average Bonchev–Trinajstić information content (AvgIpc) is 2.94. The number of fused-ring (bicyclic) bond motifs is 1. The van der Waals surface area contributed by atoms with E-state index in [0.29, 0.717) is 11.6 Å². The van der Waals surface area contributed by atoms with Crippen molar-refractivity contribution in [3.8, 4) is 0 Å². The number of hydrogen-bond acceptors (Lipinski definition) is 5. The van der Waals surface area contributed by atoms with E-state index in [1.165, 1.54) is 0 Å². The third-order valence-electron chi connectivity index (χ3n) is 3.35. The van der Waals surface area contributed by atoms with E-state index in [-0.39, 0.29) is 11.4 Å². The van der Waals surface area contributed by atoms with Gasteiger partial charge in [0.15, 0.2) is 5.65 Å². The quantitative estimate of drug-likeness (QED) is 0.830. The molecule has 0 amide bonds. The first kappa shape index (κ1) is 11.7. The van der Waals surface area contributed by atoms with Crippen LogP contribution in [0, 0.1) is 5.92 Å². The highest BCUT2D eigenvalue weighted by Crippen LogP contribution is 2.23. The fraction of sp³-hybridized carbons (Fsp3) is 0.545. The van der Waals surface area contributed by atoms with Crippen LogP contribution in [0.25, 0.3) is 11.0 Å². The Bertz CT molecular complexity index is 557. The molecule has 1 saturated heterocycles. The van der Waals surface area contributed by atoms with E-state index >= 15 is 0 Å². The molecule has 2 aromatic heterocycles. The summed E-state index contributed by atoms with van der Waals surface area (Å²) in [6, 6.07) is 0. The summed E-state index contributed by atoms with van der Waals surface area (Å²) in [5.41, 5.74) is 0.647. The summed E-state index contributed by atoms with van der Waals surface area (Å²) in [5.74, 6) is 1.22. The lowest BCUT2D eigenvalue weighted by Gasteiger charge is -2.15. The second kappa shape index (κ2) is 4.70. The predicted octanol–water partition coefficient (Wildman–Crippen LogP) is 1.84. The molecule has 7 heteroatoms. The van der Waals surface area contributed by atoms with Crippen LogP contribution in [0.4, 0.5) is 5.82 Å². The molecule has 1 fully saturated rings. The largest absolute Gasteiger partial charge is 0.378 e. The van der Waals surface area contributed by atoms with Gasteiger partial charge in [-0.15, -0.1) is 0 Å². The van der Waals surface area contributed by atoms with Gasteiger partial charge < -0.3 is 10.1 Å². The number of aromatic nitrogens is 4. The molecule has 0 radical (unpaired) electrons. The Morgan fingerprint density at radius 3 is 3.22 bits per heavy atom. The molecule has 2 N–H and O–H groups in total. The molecule has 3 rings (SSSR count). The van der Waals surface area contributed by atoms with Gasteiger partial charge in [0.05, 0.1) is 17.7 Å². The van der Waals surface area contributed by atoms with Crippen LogP contribution in [0.2, 0.25) is 5.28 Å². The van der Waals surface area contributed by atoms with Crippen molar-refractivity contribution in [1.29, 1.82) is 0 Å². The SMILES string of the molecule is CC1OCCC1CNc1nc(Cl)nc2[nH]ncc12. The molecule has 0 aliphatic carbocycles. The summed E-state index contributed by atoms with van der Waals surface area (Å²) < 4.78 is 5.53. The Balaban J connectivity index is 1.79. The lowest BCUT2D eigenvalue weighted by atomic mass is 10.0. The van der Waals surface area contributed by atoms with Crippen molar-refractivity contribution in [2.45, 2.75) is 19.4 Å². The number of ether oxygens (including phenoxy) is 1. The Labute approximate surface area is 109 Å². The summed E-state index contributed by atoms with van der Waals surface area (Å²) in [7, 11) is 0. The number of aromatic amines is 1. The maximum Gasteiger partial charge on any atom is 0.226 e. The van der Waals surface area contributed by atoms with E-state index < -0.39 is 0 Å². The van der Waals surface area contributed by atoms with Gasteiger partial charge in [-0.05, 0) is 24.9 Å². The standard InChI is InChI=1S/C11H14ClN5O/c1-6-7(2-3-18-6)4-13-9-8-5-14-17-10(8)16-11(12)15-9/h5-7H,2-4H2,1H3,(H2,13,14,15,16,17). The van der Waals surface area contributed by atoms with Crippen molar-refractivity contribution in [1.82, 2.24) is 20.2 Å². The van der Waals surface area contributed by atoms with Gasteiger partial charge in [-0.25, -0.2) is 0 Å². The number of anilines is 1. The van der Waals surface area contributed by atoms with Crippen LogP contribution in [-0.4, -0.2) is 39.4 Å². The molecule has 1 aliphatic heterocycles. The van der Waals surface area contributed by atoms with Crippen molar-refractivity contribution < 1.29 is 4.74 Å². The number of H-pyrrole nitrogens is 1. The second-order valence-electron chi connectivity index (χ2n) is 4.48. The van der Waals surface area contributed by atoms with Crippen molar-refractivity contribution in [2.75, 3.05) is 18.5 Å². The minimum absolute atomic E-state index is 0.213. The molecule has 0 spiro atoms. The highest BCUT2D eigenvalue weighted by atomic mass is 35.5. The van der Waals surface area contributed by atoms with Crippen LogP contribution >= 0.6 is 11.6 Å². The van der Waals surface area contributed by atoms with Crippen molar-refractivity contribution in [3.05, 3.63) is 11.5 Å². The first-order chi connectivity index (χ1) is 8.74. The number of nitrogens with zero attached hydrogens (tertiary/aromatic N) is 3. The maximum atomic E-state index is 5.87. The second-order valence-corrected chi connectivity index (χ2v) is 4.82. The minimum atomic E-state index is 0.213. The van der Waals surface area contributed by atoms with Gasteiger partial charge in [0.25, 0.3) is 0 Å². The monoisotopic (exact) mass is 267 g/mol. The molecular weight excluding hydrogens is 254 g/mol. The molecule has 0 saturated carbocycles. The molecule has 0 aromatic carbocycles. The zero-order chi connectivity index (χ0) is 12.5. The maximum absolute atomic E-state index is 5.87. The van der Waals surface area contributed by atoms with Gasteiger partial charge in [0.2, 0.25) is 5.28 Å². The normalized spacial score (nSPS) is 23.7. The molecule has 18 heavy (non-hydrogen) atoms. The van der Waals surface area contributed by atoms with Gasteiger partial charge in [0.1, 0.15) is 5.82 Å². The van der Waals surface area contributed by atoms with Gasteiger partial charge >= 0.3 is 0 Å². The number of hydrogen-bond donors (Lipinski definition) is 2. The fourth-order valence-electron chi connectivity index (χ4n) is 2.21. The third-order valence-corrected chi connectivity index (χ3v) is 3.52. The first-order valence-corrected chi connectivity index (χ1v) is 6.34. The van der Waals surface area contributed by atoms with E-state index in [4.69, 9.17) is 16.3 Å². The lowest BCUT2D eigenvalue weighted by molar-refractivity contribution is 0.108. The van der Waals surface area contributed by atoms with E-state index in [1.54, 1.807) is 6.20 Å². The van der Waals surface area contributed by atoms with E-state index in [9.17, 15) is 0 Å². The molecule has 2 unspecified atom stereocenters. The topological polar surface area (TPSA) is 75.7 Å². The van der Waals surface area contributed by atoms with Crippen LogP contribution in [-0.2, 0) is 4.74 Å². The fourth-order valence-corrected chi connectivity index (χ4v) is 2.38. The molecular formula is C11H14ClN5O. The van der Waals surface area contributed by atoms with E-state index in [0.717, 1.165) is 30.8 Å². The third kappa shape index (κ3) is 2.13. The van der Waals surface area contributed by atoms with Gasteiger partial charge in [0, 0.05) is 19.1 Å². The van der Waals surface area contributed by atoms with Crippen LogP contribution in [0.15, 0.2) is 6.20 Å². The number of rotatable bonds is 3. The summed E-state index contributed by atoms with van der Waals surface area (Å²) >= 11 is 5.87. The summed E-state index contributed by atoms with van der Waals surface area (Å²) in [6.45, 7) is 3.74. The first-order valence-electron chi connectivity index (χ1n) is 5.96. The zero-order valence-corrected chi connectivity index (χ0v) is 10.7. The molecule has 0 bridgehead atoms. The summed E-state index contributed by atoms with van der Waals surface area (Å²) in [5, 5.41) is 11.1. The molecule has 6 nitrogen and oxygen atoms in total. The van der Waals surface area contributed by atoms with Gasteiger partial charge in [-0.1, -0.05) is 0 Å². The Morgan fingerprint density at radius 2 is 2.44 bits per heavy atom. The minimum Gasteiger partial charge on any atom is -0.378 e. The van der Waals surface area contributed by atoms with Crippen LogP contribution in [0.3, 0.4) is 0 Å². The van der Waals surface area contributed by atoms with Crippen molar-refractivity contribution >= 4 is 28.5 Å². The van der Waals surface area contributed by atoms with Crippen LogP contribution in [0.5, 0.6) is 0 Å². The van der Waals surface area contributed by atoms with Crippen molar-refractivity contribution in [3.63, 3.8) is 0 Å². The Morgan fingerprint density at radius 1 is 1.56 bits per heavy atom. The van der Waals surface area contributed by atoms with E-state index in [1.807, 2.05) is 0 Å². The number of nitrogens with one attached hydrogen (secondary N) is 2. The highest BCUT2D eigenvalue weighted by Gasteiger charge is 2.24. The molecule has 2 atom stereocenters. The molecule has 96 valence electrons. The highest BCUT2D eigenvalue weighted by molar-refractivity contribution is 6.28. The Kier molecular flexibility index (Phi) is 3.05. The van der Waals surface area contributed by atoms with Crippen LogP contribution < -0.4 is 5.32 Å². The Hall–Kier alpha value is -1.40. The predicted molar refractivity (Wildman–Crippen MR) is 68.7 cm³/mol. The van der Waals surface area contributed by atoms with Crippen LogP contribution in [0.1, 0.15) is 13.3 Å². The van der Waals surface area contributed by atoms with E-state index in [2.05, 4.69) is 32.4 Å². The van der Waals surface area contributed by atoms with Gasteiger partial charge in [-0.2, -0.15) is 15.1 Å².